The average Bonchev–Trinajstić information content (AvgIpc) is 2.91. The van der Waals surface area contributed by atoms with Gasteiger partial charge in [-0.15, -0.1) is 0 Å². The zero-order valence-corrected chi connectivity index (χ0v) is 13.5. The van der Waals surface area contributed by atoms with E-state index in [4.69, 9.17) is 0 Å². The molecule has 0 radical (unpaired) electrons. The molecule has 0 aliphatic carbocycles. The molecule has 2 rings (SSSR count). The van der Waals surface area contributed by atoms with E-state index in [1.54, 1.807) is 49.0 Å². The van der Waals surface area contributed by atoms with Gasteiger partial charge in [0.1, 0.15) is 0 Å². The molecular weight excluding hydrogens is 294 g/mol. The lowest BCUT2D eigenvalue weighted by molar-refractivity contribution is -0.142. The lowest BCUT2D eigenvalue weighted by Gasteiger charge is -2.19. The number of aryl methyl sites for hydroxylation is 2. The highest BCUT2D eigenvalue weighted by Gasteiger charge is 2.29. The van der Waals surface area contributed by atoms with Crippen LogP contribution in [0.15, 0.2) is 36.5 Å². The van der Waals surface area contributed by atoms with Gasteiger partial charge in [0.05, 0.1) is 5.41 Å². The Morgan fingerprint density at radius 1 is 1.22 bits per heavy atom. The van der Waals surface area contributed by atoms with E-state index in [0.717, 1.165) is 5.69 Å². The minimum absolute atomic E-state index is 0.0866. The number of carbonyl (C=O) groups is 2. The van der Waals surface area contributed by atoms with Crippen LogP contribution in [0, 0.1) is 0 Å². The van der Waals surface area contributed by atoms with Gasteiger partial charge >= 0.3 is 5.97 Å². The third kappa shape index (κ3) is 3.97. The van der Waals surface area contributed by atoms with Gasteiger partial charge in [0, 0.05) is 31.0 Å². The Morgan fingerprint density at radius 2 is 1.87 bits per heavy atom. The summed E-state index contributed by atoms with van der Waals surface area (Å²) in [6.45, 7) is 3.30. The van der Waals surface area contributed by atoms with Gasteiger partial charge in [0.2, 0.25) is 5.91 Å². The molecule has 0 saturated heterocycles. The molecule has 1 heterocycles. The molecular formula is C17H21N3O3. The number of rotatable bonds is 6. The summed E-state index contributed by atoms with van der Waals surface area (Å²) in [5, 5.41) is 16.1. The van der Waals surface area contributed by atoms with Crippen molar-refractivity contribution in [3.05, 3.63) is 47.8 Å². The Kier molecular flexibility index (Phi) is 4.83. The number of anilines is 1. The number of nitrogens with zero attached hydrogens (tertiary/aromatic N) is 2. The Labute approximate surface area is 135 Å². The van der Waals surface area contributed by atoms with Crippen LogP contribution in [0.3, 0.4) is 0 Å². The van der Waals surface area contributed by atoms with Crippen molar-refractivity contribution in [2.24, 2.45) is 7.05 Å². The van der Waals surface area contributed by atoms with Crippen molar-refractivity contribution in [3.8, 4) is 0 Å². The number of hydrogen-bond acceptors (Lipinski definition) is 3. The summed E-state index contributed by atoms with van der Waals surface area (Å²) in [6.07, 6.45) is 2.69. The molecule has 2 aromatic rings. The molecule has 1 aromatic heterocycles. The number of aromatic nitrogens is 2. The first-order valence-electron chi connectivity index (χ1n) is 7.41. The van der Waals surface area contributed by atoms with Crippen LogP contribution in [-0.4, -0.2) is 26.8 Å². The molecule has 0 bridgehead atoms. The monoisotopic (exact) mass is 315 g/mol. The second-order valence-electron chi connectivity index (χ2n) is 6.00. The molecule has 6 nitrogen and oxygen atoms in total. The van der Waals surface area contributed by atoms with Crippen LogP contribution < -0.4 is 5.32 Å². The fraction of sp³-hybridized carbons (Fsp3) is 0.353. The van der Waals surface area contributed by atoms with Crippen LogP contribution in [0.1, 0.15) is 31.5 Å². The van der Waals surface area contributed by atoms with Crippen molar-refractivity contribution in [2.75, 3.05) is 5.32 Å². The Bertz CT molecular complexity index is 702. The highest BCUT2D eigenvalue weighted by molar-refractivity contribution is 5.91. The second kappa shape index (κ2) is 6.64. The number of carbonyl (C=O) groups excluding carboxylic acids is 1. The van der Waals surface area contributed by atoms with Crippen molar-refractivity contribution >= 4 is 17.6 Å². The van der Waals surface area contributed by atoms with Gasteiger partial charge in [-0.3, -0.25) is 14.3 Å². The number of benzene rings is 1. The van der Waals surface area contributed by atoms with Crippen LogP contribution in [-0.2, 0) is 28.5 Å². The van der Waals surface area contributed by atoms with Crippen LogP contribution in [0.5, 0.6) is 0 Å². The molecule has 0 saturated carbocycles. The summed E-state index contributed by atoms with van der Waals surface area (Å²) < 4.78 is 1.75. The SMILES string of the molecule is Cn1nccc1CCC(=O)Nc1ccc(C(C)(C)C(=O)O)cc1. The molecule has 122 valence electrons. The Morgan fingerprint density at radius 3 is 2.39 bits per heavy atom. The minimum Gasteiger partial charge on any atom is -0.481 e. The van der Waals surface area contributed by atoms with Crippen LogP contribution in [0.2, 0.25) is 0 Å². The number of carboxylic acid groups (broad SMARTS) is 1. The van der Waals surface area contributed by atoms with Gasteiger partial charge in [-0.25, -0.2) is 0 Å². The second-order valence-corrected chi connectivity index (χ2v) is 6.00. The fourth-order valence-electron chi connectivity index (χ4n) is 2.21. The van der Waals surface area contributed by atoms with Crippen molar-refractivity contribution in [1.29, 1.82) is 0 Å². The topological polar surface area (TPSA) is 84.2 Å². The maximum atomic E-state index is 12.0. The zero-order valence-electron chi connectivity index (χ0n) is 13.5. The van der Waals surface area contributed by atoms with E-state index in [1.165, 1.54) is 0 Å². The number of carboxylic acids is 1. The van der Waals surface area contributed by atoms with E-state index in [2.05, 4.69) is 10.4 Å². The lowest BCUT2D eigenvalue weighted by atomic mass is 9.85. The number of amides is 1. The smallest absolute Gasteiger partial charge is 0.313 e. The summed E-state index contributed by atoms with van der Waals surface area (Å²) in [6, 6.07) is 8.79. The van der Waals surface area contributed by atoms with Gasteiger partial charge < -0.3 is 10.4 Å². The van der Waals surface area contributed by atoms with Crippen LogP contribution in [0.4, 0.5) is 5.69 Å². The van der Waals surface area contributed by atoms with Crippen molar-refractivity contribution < 1.29 is 14.7 Å². The summed E-state index contributed by atoms with van der Waals surface area (Å²) in [7, 11) is 1.84. The molecule has 23 heavy (non-hydrogen) atoms. The third-order valence-electron chi connectivity index (χ3n) is 3.96. The largest absolute Gasteiger partial charge is 0.481 e. The molecule has 1 aromatic carbocycles. The van der Waals surface area contributed by atoms with Crippen molar-refractivity contribution in [3.63, 3.8) is 0 Å². The first-order valence-corrected chi connectivity index (χ1v) is 7.41. The zero-order chi connectivity index (χ0) is 17.0. The van der Waals surface area contributed by atoms with E-state index >= 15 is 0 Å². The van der Waals surface area contributed by atoms with Gasteiger partial charge in [0.15, 0.2) is 0 Å². The molecule has 2 N–H and O–H groups in total. The summed E-state index contributed by atoms with van der Waals surface area (Å²) >= 11 is 0. The van der Waals surface area contributed by atoms with Crippen LogP contribution in [0.25, 0.3) is 0 Å². The van der Waals surface area contributed by atoms with Gasteiger partial charge in [-0.05, 0) is 44.0 Å². The molecule has 0 atom stereocenters. The van der Waals surface area contributed by atoms with E-state index in [-0.39, 0.29) is 5.91 Å². The number of aliphatic carboxylic acids is 1. The van der Waals surface area contributed by atoms with Gasteiger partial charge in [0.25, 0.3) is 0 Å². The predicted molar refractivity (Wildman–Crippen MR) is 87.3 cm³/mol. The van der Waals surface area contributed by atoms with E-state index < -0.39 is 11.4 Å². The third-order valence-corrected chi connectivity index (χ3v) is 3.96. The minimum atomic E-state index is -0.956. The molecule has 0 spiro atoms. The quantitative estimate of drug-likeness (QED) is 0.857. The van der Waals surface area contributed by atoms with E-state index in [0.29, 0.717) is 24.1 Å². The number of nitrogens with one attached hydrogen (secondary N) is 1. The maximum Gasteiger partial charge on any atom is 0.313 e. The molecule has 1 amide bonds. The average molecular weight is 315 g/mol. The highest BCUT2D eigenvalue weighted by atomic mass is 16.4. The normalized spacial score (nSPS) is 11.3. The Hall–Kier alpha value is -2.63. The molecule has 0 aliphatic rings. The van der Waals surface area contributed by atoms with Gasteiger partial charge in [-0.1, -0.05) is 12.1 Å². The number of hydrogen-bond donors (Lipinski definition) is 2. The molecule has 0 aliphatic heterocycles. The van der Waals surface area contributed by atoms with Crippen LogP contribution >= 0.6 is 0 Å². The molecule has 0 fully saturated rings. The Balaban J connectivity index is 1.94. The predicted octanol–water partition coefficient (Wildman–Crippen LogP) is 2.35. The first-order chi connectivity index (χ1) is 10.8. The highest BCUT2D eigenvalue weighted by Crippen LogP contribution is 2.24. The van der Waals surface area contributed by atoms with E-state index in [1.807, 2.05) is 13.1 Å². The fourth-order valence-corrected chi connectivity index (χ4v) is 2.21. The molecule has 6 heteroatoms. The van der Waals surface area contributed by atoms with E-state index in [9.17, 15) is 14.7 Å². The lowest BCUT2D eigenvalue weighted by Crippen LogP contribution is -2.28. The maximum absolute atomic E-state index is 12.0. The van der Waals surface area contributed by atoms with Crippen molar-refractivity contribution in [1.82, 2.24) is 9.78 Å². The van der Waals surface area contributed by atoms with Crippen molar-refractivity contribution in [2.45, 2.75) is 32.1 Å². The summed E-state index contributed by atoms with van der Waals surface area (Å²) in [4.78, 5) is 23.2. The summed E-state index contributed by atoms with van der Waals surface area (Å²) in [5.74, 6) is -0.970. The standard InChI is InChI=1S/C17H21N3O3/c1-17(2,16(22)23)12-4-6-13(7-5-12)19-15(21)9-8-14-10-11-18-20(14)3/h4-7,10-11H,8-9H2,1-3H3,(H,19,21)(H,22,23). The first kappa shape index (κ1) is 16.7. The van der Waals surface area contributed by atoms with Gasteiger partial charge in [-0.2, -0.15) is 5.10 Å². The molecule has 0 unspecified atom stereocenters. The summed E-state index contributed by atoms with van der Waals surface area (Å²) in [5.41, 5.74) is 1.39.